The Morgan fingerprint density at radius 2 is 1.78 bits per heavy atom. The van der Waals surface area contributed by atoms with E-state index in [1.54, 1.807) is 0 Å². The zero-order valence-electron chi connectivity index (χ0n) is 14.2. The maximum Gasteiger partial charge on any atom is 0.269 e. The summed E-state index contributed by atoms with van der Waals surface area (Å²) in [7, 11) is 0. The summed E-state index contributed by atoms with van der Waals surface area (Å²) in [6.45, 7) is 1.44. The number of benzene rings is 2. The van der Waals surface area contributed by atoms with Crippen LogP contribution < -0.4 is 11.1 Å². The van der Waals surface area contributed by atoms with Crippen molar-refractivity contribution in [2.24, 2.45) is 10.2 Å². The lowest BCUT2D eigenvalue weighted by atomic mass is 10.2. The van der Waals surface area contributed by atoms with Crippen LogP contribution in [-0.4, -0.2) is 10.7 Å². The molecule has 0 saturated carbocycles. The Bertz CT molecular complexity index is 1010. The number of thiophene rings is 1. The van der Waals surface area contributed by atoms with Gasteiger partial charge in [0, 0.05) is 24.7 Å². The highest BCUT2D eigenvalue weighted by atomic mass is 32.1. The van der Waals surface area contributed by atoms with Crippen molar-refractivity contribution in [2.75, 3.05) is 11.1 Å². The first-order valence-corrected chi connectivity index (χ1v) is 8.69. The smallest absolute Gasteiger partial charge is 0.269 e. The van der Waals surface area contributed by atoms with E-state index in [0.29, 0.717) is 21.3 Å². The number of carbonyl (C=O) groups is 1. The first kappa shape index (κ1) is 18.2. The van der Waals surface area contributed by atoms with E-state index in [9.17, 15) is 14.9 Å². The highest BCUT2D eigenvalue weighted by Gasteiger charge is 2.19. The molecule has 0 fully saturated rings. The van der Waals surface area contributed by atoms with E-state index in [0.717, 1.165) is 5.69 Å². The van der Waals surface area contributed by atoms with Crippen molar-refractivity contribution in [3.63, 3.8) is 0 Å². The molecule has 3 N–H and O–H groups in total. The van der Waals surface area contributed by atoms with Gasteiger partial charge in [0.2, 0.25) is 0 Å². The fourth-order valence-corrected chi connectivity index (χ4v) is 3.25. The van der Waals surface area contributed by atoms with Crippen molar-refractivity contribution in [2.45, 2.75) is 6.92 Å². The Morgan fingerprint density at radius 1 is 1.11 bits per heavy atom. The summed E-state index contributed by atoms with van der Waals surface area (Å²) < 4.78 is 0. The molecule has 0 spiro atoms. The predicted octanol–water partition coefficient (Wildman–Crippen LogP) is 5.60. The van der Waals surface area contributed by atoms with Gasteiger partial charge in [0.25, 0.3) is 5.69 Å². The molecular formula is C18H15N5O3S. The molecule has 9 heteroatoms. The van der Waals surface area contributed by atoms with E-state index in [4.69, 9.17) is 5.73 Å². The average Bonchev–Trinajstić information content (AvgIpc) is 2.97. The zero-order valence-corrected chi connectivity index (χ0v) is 15.1. The Labute approximate surface area is 158 Å². The number of anilines is 3. The molecule has 0 unspecified atom stereocenters. The van der Waals surface area contributed by atoms with Crippen molar-refractivity contribution >= 4 is 50.6 Å². The van der Waals surface area contributed by atoms with E-state index in [1.165, 1.54) is 42.5 Å². The second kappa shape index (κ2) is 7.75. The van der Waals surface area contributed by atoms with Gasteiger partial charge in [-0.1, -0.05) is 18.2 Å². The number of nitro benzene ring substituents is 1. The molecule has 0 aliphatic carbocycles. The molecule has 3 aromatic rings. The van der Waals surface area contributed by atoms with Crippen LogP contribution >= 0.6 is 11.3 Å². The van der Waals surface area contributed by atoms with Crippen LogP contribution in [0.3, 0.4) is 0 Å². The minimum absolute atomic E-state index is 0.0331. The van der Waals surface area contributed by atoms with Crippen LogP contribution in [0.15, 0.2) is 64.8 Å². The predicted molar refractivity (Wildman–Crippen MR) is 106 cm³/mol. The highest BCUT2D eigenvalue weighted by Crippen LogP contribution is 2.44. The van der Waals surface area contributed by atoms with Crippen molar-refractivity contribution in [3.8, 4) is 0 Å². The Morgan fingerprint density at radius 3 is 2.37 bits per heavy atom. The molecule has 0 saturated heterocycles. The lowest BCUT2D eigenvalue weighted by Gasteiger charge is -2.04. The number of carbonyl (C=O) groups excluding carboxylic acids is 1. The third-order valence-corrected chi connectivity index (χ3v) is 4.81. The molecule has 8 nitrogen and oxygen atoms in total. The standard InChI is InChI=1S/C18H15N5O3S/c1-11(24)17-15(19)16(18(27-17)20-12-5-3-2-4-6-12)22-21-13-7-9-14(10-8-13)23(25)26/h2-10,20H,19H2,1H3. The Hall–Kier alpha value is -3.59. The molecule has 0 radical (unpaired) electrons. The minimum Gasteiger partial charge on any atom is -0.396 e. The number of Topliss-reactive ketones (excluding diaryl/α,β-unsaturated/α-hetero) is 1. The maximum absolute atomic E-state index is 11.8. The van der Waals surface area contributed by atoms with Crippen LogP contribution in [0.5, 0.6) is 0 Å². The summed E-state index contributed by atoms with van der Waals surface area (Å²) >= 11 is 1.20. The zero-order chi connectivity index (χ0) is 19.4. The number of nitrogens with zero attached hydrogens (tertiary/aromatic N) is 3. The van der Waals surface area contributed by atoms with Gasteiger partial charge in [-0.15, -0.1) is 16.5 Å². The van der Waals surface area contributed by atoms with E-state index in [2.05, 4.69) is 15.5 Å². The molecular weight excluding hydrogens is 366 g/mol. The molecule has 0 aliphatic heterocycles. The highest BCUT2D eigenvalue weighted by molar-refractivity contribution is 7.19. The number of hydrogen-bond acceptors (Lipinski definition) is 8. The van der Waals surface area contributed by atoms with E-state index >= 15 is 0 Å². The van der Waals surface area contributed by atoms with Crippen molar-refractivity contribution in [3.05, 3.63) is 69.6 Å². The second-order valence-corrected chi connectivity index (χ2v) is 6.56. The summed E-state index contributed by atoms with van der Waals surface area (Å²) in [6.07, 6.45) is 0. The molecule has 136 valence electrons. The minimum atomic E-state index is -0.487. The van der Waals surface area contributed by atoms with E-state index < -0.39 is 4.92 Å². The number of hydrogen-bond donors (Lipinski definition) is 2. The van der Waals surface area contributed by atoms with Gasteiger partial charge in [-0.05, 0) is 24.3 Å². The summed E-state index contributed by atoms with van der Waals surface area (Å²) in [4.78, 5) is 22.5. The molecule has 0 atom stereocenters. The second-order valence-electron chi connectivity index (χ2n) is 5.54. The maximum atomic E-state index is 11.8. The number of nitrogens with one attached hydrogen (secondary N) is 1. The number of non-ortho nitro benzene ring substituents is 1. The van der Waals surface area contributed by atoms with Crippen LogP contribution in [0.4, 0.5) is 33.4 Å². The molecule has 2 aromatic carbocycles. The average molecular weight is 381 g/mol. The summed E-state index contributed by atoms with van der Waals surface area (Å²) in [5.41, 5.74) is 7.91. The van der Waals surface area contributed by atoms with Crippen LogP contribution in [0.2, 0.25) is 0 Å². The van der Waals surface area contributed by atoms with Crippen LogP contribution in [0, 0.1) is 10.1 Å². The van der Waals surface area contributed by atoms with Gasteiger partial charge >= 0.3 is 0 Å². The normalized spacial score (nSPS) is 10.9. The number of nitrogens with two attached hydrogens (primary N) is 1. The van der Waals surface area contributed by atoms with Gasteiger partial charge in [0.15, 0.2) is 5.78 Å². The topological polar surface area (TPSA) is 123 Å². The molecule has 27 heavy (non-hydrogen) atoms. The number of nitrogen functional groups attached to an aromatic ring is 1. The first-order valence-electron chi connectivity index (χ1n) is 7.87. The monoisotopic (exact) mass is 381 g/mol. The number of azo groups is 1. The quantitative estimate of drug-likeness (QED) is 0.249. The number of ketones is 1. The van der Waals surface area contributed by atoms with Gasteiger partial charge in [0.1, 0.15) is 10.7 Å². The Kier molecular flexibility index (Phi) is 5.23. The Balaban J connectivity index is 1.95. The SMILES string of the molecule is CC(=O)c1sc(Nc2ccccc2)c(N=Nc2ccc([N+](=O)[O-])cc2)c1N. The summed E-state index contributed by atoms with van der Waals surface area (Å²) in [5, 5.41) is 22.8. The molecule has 1 heterocycles. The fourth-order valence-electron chi connectivity index (χ4n) is 2.28. The van der Waals surface area contributed by atoms with Crippen molar-refractivity contribution in [1.82, 2.24) is 0 Å². The summed E-state index contributed by atoms with van der Waals surface area (Å²) in [6, 6.07) is 15.1. The van der Waals surface area contributed by atoms with Gasteiger partial charge in [-0.3, -0.25) is 14.9 Å². The molecule has 1 aromatic heterocycles. The molecule has 0 aliphatic rings. The van der Waals surface area contributed by atoms with Crippen molar-refractivity contribution < 1.29 is 9.72 Å². The van der Waals surface area contributed by atoms with Gasteiger partial charge in [-0.25, -0.2) is 0 Å². The van der Waals surface area contributed by atoms with Gasteiger partial charge in [0.05, 0.1) is 21.2 Å². The van der Waals surface area contributed by atoms with E-state index in [1.807, 2.05) is 30.3 Å². The largest absolute Gasteiger partial charge is 0.396 e. The number of nitro groups is 1. The van der Waals surface area contributed by atoms with Crippen LogP contribution in [-0.2, 0) is 0 Å². The van der Waals surface area contributed by atoms with E-state index in [-0.39, 0.29) is 17.2 Å². The lowest BCUT2D eigenvalue weighted by Crippen LogP contribution is -1.93. The third kappa shape index (κ3) is 4.15. The molecule has 0 amide bonds. The fraction of sp³-hybridized carbons (Fsp3) is 0.0556. The first-order chi connectivity index (χ1) is 13.0. The van der Waals surface area contributed by atoms with Crippen molar-refractivity contribution in [1.29, 1.82) is 0 Å². The summed E-state index contributed by atoms with van der Waals surface area (Å²) in [5.74, 6) is -0.162. The van der Waals surface area contributed by atoms with Gasteiger partial charge < -0.3 is 11.1 Å². The van der Waals surface area contributed by atoms with Crippen LogP contribution in [0.25, 0.3) is 0 Å². The molecule has 0 bridgehead atoms. The number of para-hydroxylation sites is 1. The van der Waals surface area contributed by atoms with Gasteiger partial charge in [-0.2, -0.15) is 5.11 Å². The number of rotatable bonds is 6. The third-order valence-electron chi connectivity index (χ3n) is 3.60. The lowest BCUT2D eigenvalue weighted by molar-refractivity contribution is -0.384. The molecule has 3 rings (SSSR count). The van der Waals surface area contributed by atoms with Crippen LogP contribution in [0.1, 0.15) is 16.6 Å².